The largest absolute Gasteiger partial charge is 0.495 e. The number of carbonyl (C=O) groups is 2. The maximum atomic E-state index is 13.3. The van der Waals surface area contributed by atoms with Gasteiger partial charge < -0.3 is 15.4 Å². The Morgan fingerprint density at radius 1 is 1.06 bits per heavy atom. The molecule has 0 bridgehead atoms. The number of aryl methyl sites for hydroxylation is 1. The second kappa shape index (κ2) is 11.8. The van der Waals surface area contributed by atoms with Crippen LogP contribution >= 0.6 is 0 Å². The van der Waals surface area contributed by atoms with Crippen LogP contribution in [0.25, 0.3) is 0 Å². The van der Waals surface area contributed by atoms with E-state index in [0.717, 1.165) is 11.1 Å². The van der Waals surface area contributed by atoms with Gasteiger partial charge in [-0.25, -0.2) is 17.5 Å². The number of methoxy groups -OCH3 is 1. The fourth-order valence-corrected chi connectivity index (χ4v) is 4.77. The van der Waals surface area contributed by atoms with E-state index in [1.807, 2.05) is 31.2 Å². The molecule has 0 fully saturated rings. The molecule has 0 aromatic heterocycles. The molecular formula is C26H30FN3O5S. The van der Waals surface area contributed by atoms with Crippen LogP contribution in [-0.4, -0.2) is 39.9 Å². The molecule has 3 N–H and O–H groups in total. The molecule has 192 valence electrons. The number of sulfonamides is 1. The zero-order valence-corrected chi connectivity index (χ0v) is 21.0. The molecule has 0 aliphatic carbocycles. The van der Waals surface area contributed by atoms with Crippen LogP contribution in [0.2, 0.25) is 0 Å². The zero-order valence-electron chi connectivity index (χ0n) is 20.2. The van der Waals surface area contributed by atoms with Crippen molar-refractivity contribution < 1.29 is 28.6 Å². The molecule has 0 saturated heterocycles. The fraction of sp³-hybridized carbons (Fsp3) is 0.231. The van der Waals surface area contributed by atoms with Crippen molar-refractivity contribution in [2.45, 2.75) is 31.2 Å². The molecule has 0 saturated carbocycles. The summed E-state index contributed by atoms with van der Waals surface area (Å²) in [5, 5.41) is 5.44. The highest BCUT2D eigenvalue weighted by Crippen LogP contribution is 2.27. The zero-order chi connectivity index (χ0) is 26.3. The van der Waals surface area contributed by atoms with E-state index < -0.39 is 33.7 Å². The predicted molar refractivity (Wildman–Crippen MR) is 137 cm³/mol. The second-order valence-electron chi connectivity index (χ2n) is 8.02. The average Bonchev–Trinajstić information content (AvgIpc) is 2.85. The van der Waals surface area contributed by atoms with E-state index in [2.05, 4.69) is 15.4 Å². The molecule has 0 radical (unpaired) electrons. The molecule has 3 rings (SSSR count). The van der Waals surface area contributed by atoms with Gasteiger partial charge in [-0.15, -0.1) is 0 Å². The summed E-state index contributed by atoms with van der Waals surface area (Å²) in [6.07, 6.45) is 0.204. The van der Waals surface area contributed by atoms with Gasteiger partial charge in [-0.3, -0.25) is 9.59 Å². The Kier molecular flexibility index (Phi) is 8.78. The molecule has 1 atom stereocenters. The van der Waals surface area contributed by atoms with E-state index in [0.29, 0.717) is 0 Å². The van der Waals surface area contributed by atoms with Crippen LogP contribution in [0.1, 0.15) is 29.8 Å². The van der Waals surface area contributed by atoms with Gasteiger partial charge in [0.15, 0.2) is 0 Å². The number of nitrogens with one attached hydrogen (secondary N) is 3. The molecule has 2 amide bonds. The van der Waals surface area contributed by atoms with E-state index in [1.165, 1.54) is 49.6 Å². The molecule has 3 aromatic carbocycles. The molecule has 8 nitrogen and oxygen atoms in total. The first-order valence-electron chi connectivity index (χ1n) is 11.2. The lowest BCUT2D eigenvalue weighted by atomic mass is 10.00. The Labute approximate surface area is 211 Å². The van der Waals surface area contributed by atoms with Crippen molar-refractivity contribution in [3.05, 3.63) is 89.2 Å². The first kappa shape index (κ1) is 26.8. The lowest BCUT2D eigenvalue weighted by Gasteiger charge is -2.20. The van der Waals surface area contributed by atoms with Crippen molar-refractivity contribution in [3.8, 4) is 5.75 Å². The van der Waals surface area contributed by atoms with E-state index in [-0.39, 0.29) is 36.3 Å². The van der Waals surface area contributed by atoms with E-state index in [1.54, 1.807) is 6.92 Å². The Hall–Kier alpha value is -3.76. The summed E-state index contributed by atoms with van der Waals surface area (Å²) in [7, 11) is -2.45. The minimum Gasteiger partial charge on any atom is -0.495 e. The Morgan fingerprint density at radius 2 is 1.75 bits per heavy atom. The number of halogens is 1. The van der Waals surface area contributed by atoms with Crippen LogP contribution in [0.5, 0.6) is 5.75 Å². The number of hydrogen-bond donors (Lipinski definition) is 3. The quantitative estimate of drug-likeness (QED) is 0.381. The van der Waals surface area contributed by atoms with Gasteiger partial charge in [0.05, 0.1) is 7.11 Å². The van der Waals surface area contributed by atoms with Crippen molar-refractivity contribution >= 4 is 27.5 Å². The number of rotatable bonds is 10. The van der Waals surface area contributed by atoms with Crippen molar-refractivity contribution in [2.75, 3.05) is 19.0 Å². The van der Waals surface area contributed by atoms with Crippen LogP contribution in [0.15, 0.2) is 71.6 Å². The average molecular weight is 516 g/mol. The monoisotopic (exact) mass is 515 g/mol. The second-order valence-corrected chi connectivity index (χ2v) is 9.76. The van der Waals surface area contributed by atoms with Crippen molar-refractivity contribution in [1.29, 1.82) is 0 Å². The van der Waals surface area contributed by atoms with Crippen LogP contribution in [0.3, 0.4) is 0 Å². The topological polar surface area (TPSA) is 114 Å². The Bertz CT molecular complexity index is 1350. The highest BCUT2D eigenvalue weighted by atomic mass is 32.2. The summed E-state index contributed by atoms with van der Waals surface area (Å²) in [4.78, 5) is 26.0. The van der Waals surface area contributed by atoms with Gasteiger partial charge in [-0.1, -0.05) is 31.2 Å². The van der Waals surface area contributed by atoms with E-state index in [4.69, 9.17) is 4.74 Å². The molecular weight excluding hydrogens is 485 g/mol. The lowest BCUT2D eigenvalue weighted by molar-refractivity contribution is -0.118. The highest BCUT2D eigenvalue weighted by Gasteiger charge is 2.24. The molecule has 0 unspecified atom stereocenters. The highest BCUT2D eigenvalue weighted by molar-refractivity contribution is 7.89. The molecule has 0 aliphatic rings. The summed E-state index contributed by atoms with van der Waals surface area (Å²) in [5.74, 6) is -1.47. The van der Waals surface area contributed by atoms with Gasteiger partial charge in [0, 0.05) is 31.7 Å². The molecule has 10 heteroatoms. The first-order valence-corrected chi connectivity index (χ1v) is 12.7. The molecule has 0 aliphatic heterocycles. The normalized spacial score (nSPS) is 12.0. The third-order valence-corrected chi connectivity index (χ3v) is 7.05. The minimum absolute atomic E-state index is 0. The van der Waals surface area contributed by atoms with Gasteiger partial charge in [-0.2, -0.15) is 0 Å². The predicted octanol–water partition coefficient (Wildman–Crippen LogP) is 3.67. The van der Waals surface area contributed by atoms with Gasteiger partial charge in [0.2, 0.25) is 15.9 Å². The van der Waals surface area contributed by atoms with Crippen LogP contribution in [-0.2, 0) is 21.2 Å². The van der Waals surface area contributed by atoms with Crippen molar-refractivity contribution in [1.82, 2.24) is 10.0 Å². The summed E-state index contributed by atoms with van der Waals surface area (Å²) >= 11 is 0. The fourth-order valence-electron chi connectivity index (χ4n) is 3.58. The van der Waals surface area contributed by atoms with Gasteiger partial charge in [-0.05, 0) is 54.4 Å². The maximum absolute atomic E-state index is 13.3. The minimum atomic E-state index is -3.78. The van der Waals surface area contributed by atoms with Crippen molar-refractivity contribution in [3.63, 3.8) is 0 Å². The number of amides is 2. The molecule has 3 aromatic rings. The number of carbonyl (C=O) groups excluding carboxylic acids is 2. The van der Waals surface area contributed by atoms with Gasteiger partial charge in [0.25, 0.3) is 5.91 Å². The lowest BCUT2D eigenvalue weighted by Crippen LogP contribution is -2.45. The first-order chi connectivity index (χ1) is 17.1. The van der Waals surface area contributed by atoms with E-state index in [9.17, 15) is 22.4 Å². The van der Waals surface area contributed by atoms with Crippen molar-refractivity contribution in [2.24, 2.45) is 0 Å². The third kappa shape index (κ3) is 6.67. The number of anilines is 1. The SMILES string of the molecule is CCNS(=O)(=O)c1ccc(NC(=O)[C@H](Cc2ccccc2C)NC(=O)c2ccc(F)cc2)cc1OC.[HH]. The molecule has 36 heavy (non-hydrogen) atoms. The number of ether oxygens (including phenoxy) is 1. The Morgan fingerprint density at radius 3 is 2.39 bits per heavy atom. The number of hydrogen-bond acceptors (Lipinski definition) is 5. The summed E-state index contributed by atoms with van der Waals surface area (Å²) < 4.78 is 45.7. The van der Waals surface area contributed by atoms with Crippen LogP contribution in [0, 0.1) is 12.7 Å². The molecule has 0 spiro atoms. The van der Waals surface area contributed by atoms with Gasteiger partial charge >= 0.3 is 0 Å². The summed E-state index contributed by atoms with van der Waals surface area (Å²) in [5.41, 5.74) is 2.31. The Balaban J connectivity index is 0.00000481. The number of benzene rings is 3. The summed E-state index contributed by atoms with van der Waals surface area (Å²) in [6.45, 7) is 3.77. The summed E-state index contributed by atoms with van der Waals surface area (Å²) in [6, 6.07) is 15.7. The standard InChI is InChI=1S/C26H28FN3O5S.H2/c1-4-28-36(33,34)24-14-13-21(16-23(24)35-3)29-26(32)22(15-19-8-6-5-7-17(19)2)30-25(31)18-9-11-20(27)12-10-18;/h5-14,16,22,28H,4,15H2,1-3H3,(H,29,32)(H,30,31);1H/t22-;/m0./s1. The molecule has 0 heterocycles. The smallest absolute Gasteiger partial charge is 0.251 e. The third-order valence-electron chi connectivity index (χ3n) is 5.47. The maximum Gasteiger partial charge on any atom is 0.251 e. The van der Waals surface area contributed by atoms with Gasteiger partial charge in [0.1, 0.15) is 22.5 Å². The van der Waals surface area contributed by atoms with Crippen LogP contribution in [0.4, 0.5) is 10.1 Å². The van der Waals surface area contributed by atoms with Crippen LogP contribution < -0.4 is 20.1 Å². The van der Waals surface area contributed by atoms with E-state index >= 15 is 0 Å².